The van der Waals surface area contributed by atoms with Crippen molar-refractivity contribution >= 4 is 0 Å². The molecule has 0 saturated heterocycles. The Labute approximate surface area is 132 Å². The highest BCUT2D eigenvalue weighted by Gasteiger charge is 2.45. The molecule has 0 aliphatic carbocycles. The maximum Gasteiger partial charge on any atom is 0.416 e. The summed E-state index contributed by atoms with van der Waals surface area (Å²) in [5.74, 6) is 0. The Hall–Kier alpha value is -1.89. The molecule has 0 aliphatic heterocycles. The Morgan fingerprint density at radius 3 is 1.91 bits per heavy atom. The van der Waals surface area contributed by atoms with Gasteiger partial charge >= 0.3 is 6.18 Å². The van der Waals surface area contributed by atoms with E-state index >= 15 is 0 Å². The first-order chi connectivity index (χ1) is 10.9. The summed E-state index contributed by atoms with van der Waals surface area (Å²) in [6.45, 7) is 0.266. The van der Waals surface area contributed by atoms with Crippen molar-refractivity contribution in [3.05, 3.63) is 71.8 Å². The molecule has 23 heavy (non-hydrogen) atoms. The number of halogens is 3. The molecule has 6 heteroatoms. The van der Waals surface area contributed by atoms with Crippen LogP contribution < -0.4 is 5.32 Å². The van der Waals surface area contributed by atoms with Gasteiger partial charge in [-0.3, -0.25) is 0 Å². The van der Waals surface area contributed by atoms with Crippen molar-refractivity contribution in [3.63, 3.8) is 0 Å². The molecule has 0 aromatic heterocycles. The van der Waals surface area contributed by atoms with Crippen LogP contribution in [0.1, 0.15) is 17.2 Å². The fourth-order valence-corrected chi connectivity index (χ4v) is 2.30. The number of benzene rings is 2. The SMILES string of the molecule is O[C@@H]([C@@H](NCc1ccccc1)c1ccccc1)[C@H](O)C(F)(F)F. The van der Waals surface area contributed by atoms with Gasteiger partial charge in [0, 0.05) is 6.54 Å². The predicted octanol–water partition coefficient (Wildman–Crippen LogP) is 2.80. The highest BCUT2D eigenvalue weighted by Crippen LogP contribution is 2.29. The van der Waals surface area contributed by atoms with E-state index in [0.29, 0.717) is 5.56 Å². The van der Waals surface area contributed by atoms with Crippen molar-refractivity contribution in [2.45, 2.75) is 31.0 Å². The molecule has 2 rings (SSSR count). The molecule has 2 aromatic carbocycles. The van der Waals surface area contributed by atoms with Gasteiger partial charge in [-0.1, -0.05) is 60.7 Å². The molecule has 3 nitrogen and oxygen atoms in total. The van der Waals surface area contributed by atoms with Crippen molar-refractivity contribution in [3.8, 4) is 0 Å². The molecule has 0 heterocycles. The van der Waals surface area contributed by atoms with Crippen LogP contribution in [0.25, 0.3) is 0 Å². The zero-order chi connectivity index (χ0) is 16.9. The molecule has 0 fully saturated rings. The molecule has 0 aliphatic rings. The summed E-state index contributed by atoms with van der Waals surface area (Å²) in [6, 6.07) is 16.3. The maximum atomic E-state index is 12.7. The fourth-order valence-electron chi connectivity index (χ4n) is 2.30. The van der Waals surface area contributed by atoms with Crippen LogP contribution in [-0.2, 0) is 6.54 Å². The summed E-state index contributed by atoms with van der Waals surface area (Å²) in [5, 5.41) is 22.3. The third-order valence-electron chi connectivity index (χ3n) is 3.53. The van der Waals surface area contributed by atoms with Crippen LogP contribution in [0.3, 0.4) is 0 Å². The van der Waals surface area contributed by atoms with E-state index in [1.165, 1.54) is 0 Å². The average molecular weight is 325 g/mol. The van der Waals surface area contributed by atoms with Crippen LogP contribution in [0, 0.1) is 0 Å². The summed E-state index contributed by atoms with van der Waals surface area (Å²) < 4.78 is 38.1. The van der Waals surface area contributed by atoms with Crippen LogP contribution in [0.2, 0.25) is 0 Å². The van der Waals surface area contributed by atoms with Crippen molar-refractivity contribution in [2.24, 2.45) is 0 Å². The first kappa shape index (κ1) is 17.5. The maximum absolute atomic E-state index is 12.7. The number of hydrogen-bond acceptors (Lipinski definition) is 3. The van der Waals surface area contributed by atoms with E-state index in [1.54, 1.807) is 30.3 Å². The fraction of sp³-hybridized carbons (Fsp3) is 0.294. The van der Waals surface area contributed by atoms with Gasteiger partial charge in [0.15, 0.2) is 6.10 Å². The van der Waals surface area contributed by atoms with E-state index in [0.717, 1.165) is 5.56 Å². The lowest BCUT2D eigenvalue weighted by Crippen LogP contribution is -2.46. The van der Waals surface area contributed by atoms with E-state index in [4.69, 9.17) is 0 Å². The molecule has 0 radical (unpaired) electrons. The lowest BCUT2D eigenvalue weighted by molar-refractivity contribution is -0.234. The summed E-state index contributed by atoms with van der Waals surface area (Å²) in [4.78, 5) is 0. The lowest BCUT2D eigenvalue weighted by Gasteiger charge is -2.29. The normalized spacial score (nSPS) is 15.9. The minimum absolute atomic E-state index is 0.266. The Morgan fingerprint density at radius 2 is 1.39 bits per heavy atom. The number of nitrogens with one attached hydrogen (secondary N) is 1. The van der Waals surface area contributed by atoms with E-state index < -0.39 is 24.4 Å². The third kappa shape index (κ3) is 4.79. The Kier molecular flexibility index (Phi) is 5.76. The van der Waals surface area contributed by atoms with Gasteiger partial charge in [0.2, 0.25) is 0 Å². The minimum atomic E-state index is -4.89. The summed E-state index contributed by atoms with van der Waals surface area (Å²) in [7, 11) is 0. The van der Waals surface area contributed by atoms with E-state index in [1.807, 2.05) is 30.3 Å². The second kappa shape index (κ2) is 7.59. The van der Waals surface area contributed by atoms with Crippen LogP contribution in [0.4, 0.5) is 13.2 Å². The third-order valence-corrected chi connectivity index (χ3v) is 3.53. The lowest BCUT2D eigenvalue weighted by atomic mass is 9.97. The highest BCUT2D eigenvalue weighted by atomic mass is 19.4. The van der Waals surface area contributed by atoms with E-state index in [2.05, 4.69) is 5.32 Å². The van der Waals surface area contributed by atoms with Crippen molar-refractivity contribution < 1.29 is 23.4 Å². The summed E-state index contributed by atoms with van der Waals surface area (Å²) in [6.07, 6.45) is -9.72. The highest BCUT2D eigenvalue weighted by molar-refractivity contribution is 5.22. The standard InChI is InChI=1S/C17H18F3NO2/c18-17(19,20)16(23)15(22)14(13-9-5-2-6-10-13)21-11-12-7-3-1-4-8-12/h1-10,14-16,21-23H,11H2/t14-,15-,16-/m0/s1. The van der Waals surface area contributed by atoms with Gasteiger partial charge in [-0.25, -0.2) is 0 Å². The summed E-state index contributed by atoms with van der Waals surface area (Å²) in [5.41, 5.74) is 1.33. The molecule has 0 saturated carbocycles. The van der Waals surface area contributed by atoms with Gasteiger partial charge in [0.1, 0.15) is 6.10 Å². The van der Waals surface area contributed by atoms with Crippen LogP contribution in [-0.4, -0.2) is 28.6 Å². The molecule has 3 N–H and O–H groups in total. The topological polar surface area (TPSA) is 52.5 Å². The minimum Gasteiger partial charge on any atom is -0.388 e. The van der Waals surface area contributed by atoms with E-state index in [9.17, 15) is 23.4 Å². The van der Waals surface area contributed by atoms with Crippen LogP contribution >= 0.6 is 0 Å². The van der Waals surface area contributed by atoms with Crippen LogP contribution in [0.15, 0.2) is 60.7 Å². The van der Waals surface area contributed by atoms with Crippen molar-refractivity contribution in [1.29, 1.82) is 0 Å². The molecule has 3 atom stereocenters. The second-order valence-corrected chi connectivity index (χ2v) is 5.23. The zero-order valence-corrected chi connectivity index (χ0v) is 12.2. The largest absolute Gasteiger partial charge is 0.416 e. The molecular weight excluding hydrogens is 307 g/mol. The van der Waals surface area contributed by atoms with Gasteiger partial charge in [-0.15, -0.1) is 0 Å². The van der Waals surface area contributed by atoms with Gasteiger partial charge in [-0.05, 0) is 11.1 Å². The second-order valence-electron chi connectivity index (χ2n) is 5.23. The monoisotopic (exact) mass is 325 g/mol. The van der Waals surface area contributed by atoms with Crippen molar-refractivity contribution in [2.75, 3.05) is 0 Å². The van der Waals surface area contributed by atoms with Gasteiger partial charge in [0.25, 0.3) is 0 Å². The average Bonchev–Trinajstić information content (AvgIpc) is 2.55. The van der Waals surface area contributed by atoms with Crippen LogP contribution in [0.5, 0.6) is 0 Å². The van der Waals surface area contributed by atoms with Gasteiger partial charge < -0.3 is 15.5 Å². The molecular formula is C17H18F3NO2. The Bertz CT molecular complexity index is 590. The molecule has 0 spiro atoms. The van der Waals surface area contributed by atoms with E-state index in [-0.39, 0.29) is 6.54 Å². The smallest absolute Gasteiger partial charge is 0.388 e. The Balaban J connectivity index is 2.18. The number of aliphatic hydroxyl groups excluding tert-OH is 2. The Morgan fingerprint density at radius 1 is 0.870 bits per heavy atom. The molecule has 2 aromatic rings. The zero-order valence-electron chi connectivity index (χ0n) is 12.2. The summed E-state index contributed by atoms with van der Waals surface area (Å²) >= 11 is 0. The number of alkyl halides is 3. The molecule has 0 bridgehead atoms. The number of aliphatic hydroxyl groups is 2. The van der Waals surface area contributed by atoms with Crippen molar-refractivity contribution in [1.82, 2.24) is 5.32 Å². The van der Waals surface area contributed by atoms with Gasteiger partial charge in [0.05, 0.1) is 6.04 Å². The molecule has 0 amide bonds. The first-order valence-corrected chi connectivity index (χ1v) is 7.14. The number of hydrogen-bond donors (Lipinski definition) is 3. The van der Waals surface area contributed by atoms with Gasteiger partial charge in [-0.2, -0.15) is 13.2 Å². The quantitative estimate of drug-likeness (QED) is 0.765. The molecule has 124 valence electrons. The number of rotatable bonds is 6. The predicted molar refractivity (Wildman–Crippen MR) is 80.5 cm³/mol. The molecule has 0 unspecified atom stereocenters. The first-order valence-electron chi connectivity index (χ1n) is 7.14.